The minimum Gasteiger partial charge on any atom is -0.462 e. The van der Waals surface area contributed by atoms with E-state index in [-0.39, 0.29) is 31.1 Å². The van der Waals surface area contributed by atoms with Crippen molar-refractivity contribution in [3.05, 3.63) is 24.3 Å². The van der Waals surface area contributed by atoms with Gasteiger partial charge in [0.2, 0.25) is 0 Å². The van der Waals surface area contributed by atoms with Gasteiger partial charge in [0, 0.05) is 19.3 Å². The molecule has 0 aliphatic heterocycles. The third kappa shape index (κ3) is 68.6. The third-order valence-corrected chi connectivity index (χ3v) is 17.0. The Morgan fingerprint density at radius 1 is 0.247 bits per heavy atom. The molecular formula is C75H142O6. The van der Waals surface area contributed by atoms with Crippen LogP contribution in [0.25, 0.3) is 0 Å². The Kier molecular flexibility index (Phi) is 68.5. The Hall–Kier alpha value is -2.11. The molecule has 6 heteroatoms. The number of rotatable bonds is 69. The molecule has 0 heterocycles. The summed E-state index contributed by atoms with van der Waals surface area (Å²) in [5.74, 6) is -0.845. The van der Waals surface area contributed by atoms with Crippen molar-refractivity contribution in [1.29, 1.82) is 0 Å². The molecule has 478 valence electrons. The fraction of sp³-hybridized carbons (Fsp3) is 0.907. The number of allylic oxidation sites excluding steroid dienone is 4. The van der Waals surface area contributed by atoms with Crippen LogP contribution in [0.2, 0.25) is 0 Å². The molecule has 6 nitrogen and oxygen atoms in total. The van der Waals surface area contributed by atoms with E-state index in [1.54, 1.807) is 0 Å². The highest BCUT2D eigenvalue weighted by Gasteiger charge is 2.19. The number of carbonyl (C=O) groups excluding carboxylic acids is 3. The third-order valence-electron chi connectivity index (χ3n) is 17.0. The van der Waals surface area contributed by atoms with E-state index in [1.165, 1.54) is 315 Å². The summed E-state index contributed by atoms with van der Waals surface area (Å²) in [4.78, 5) is 38.1. The van der Waals surface area contributed by atoms with E-state index < -0.39 is 6.10 Å². The van der Waals surface area contributed by atoms with Crippen molar-refractivity contribution in [1.82, 2.24) is 0 Å². The maximum atomic E-state index is 12.9. The number of carbonyl (C=O) groups is 3. The highest BCUT2D eigenvalue weighted by atomic mass is 16.6. The first-order valence-electron chi connectivity index (χ1n) is 36.8. The van der Waals surface area contributed by atoms with E-state index in [9.17, 15) is 14.4 Å². The Morgan fingerprint density at radius 3 is 0.679 bits per heavy atom. The molecule has 0 aliphatic rings. The summed E-state index contributed by atoms with van der Waals surface area (Å²) in [5, 5.41) is 0. The Morgan fingerprint density at radius 2 is 0.444 bits per heavy atom. The Balaban J connectivity index is 3.94. The molecule has 0 aromatic rings. The molecule has 0 saturated carbocycles. The van der Waals surface area contributed by atoms with Crippen molar-refractivity contribution in [3.63, 3.8) is 0 Å². The average molecular weight is 1140 g/mol. The van der Waals surface area contributed by atoms with Crippen LogP contribution in [0.3, 0.4) is 0 Å². The molecule has 0 aromatic carbocycles. The van der Waals surface area contributed by atoms with Gasteiger partial charge in [-0.1, -0.05) is 373 Å². The SMILES string of the molecule is CCCCCCC/C=C\C/C=C\CCCCCCCCCCCCCCCCCC(=O)OC(COC(=O)CCCCCCCC)COC(=O)CCCCCCCCCCCCCCCCCCCCCCCCCCCCCCCC. The van der Waals surface area contributed by atoms with Gasteiger partial charge in [0.05, 0.1) is 0 Å². The standard InChI is InChI=1S/C75H142O6/c1-4-7-10-13-16-18-20-22-24-26-28-30-32-34-36-37-38-40-41-43-45-47-49-51-53-55-57-59-62-65-68-74(77)80-71-72(70-79-73(76)67-64-61-15-12-9-6-3)81-75(78)69-66-63-60-58-56-54-52-50-48-46-44-42-39-35-33-31-29-27-25-23-21-19-17-14-11-8-5-2/h21,23,27,29,72H,4-20,22,24-26,28,30-71H2,1-3H3/b23-21-,29-27-. The first-order valence-corrected chi connectivity index (χ1v) is 36.8. The van der Waals surface area contributed by atoms with Gasteiger partial charge in [0.1, 0.15) is 13.2 Å². The van der Waals surface area contributed by atoms with Crippen LogP contribution < -0.4 is 0 Å². The van der Waals surface area contributed by atoms with Gasteiger partial charge >= 0.3 is 17.9 Å². The minimum atomic E-state index is -0.766. The summed E-state index contributed by atoms with van der Waals surface area (Å²) in [7, 11) is 0. The summed E-state index contributed by atoms with van der Waals surface area (Å²) in [6, 6.07) is 0. The van der Waals surface area contributed by atoms with Gasteiger partial charge in [-0.25, -0.2) is 0 Å². The van der Waals surface area contributed by atoms with Gasteiger partial charge in [-0.2, -0.15) is 0 Å². The number of ether oxygens (including phenoxy) is 3. The Bertz CT molecular complexity index is 1310. The molecule has 0 fully saturated rings. The highest BCUT2D eigenvalue weighted by Crippen LogP contribution is 2.19. The van der Waals surface area contributed by atoms with Gasteiger partial charge in [0.15, 0.2) is 6.10 Å². The average Bonchev–Trinajstić information content (AvgIpc) is 3.47. The molecule has 0 radical (unpaired) electrons. The molecule has 0 aromatic heterocycles. The maximum Gasteiger partial charge on any atom is 0.306 e. The monoisotopic (exact) mass is 1140 g/mol. The highest BCUT2D eigenvalue weighted by molar-refractivity contribution is 5.71. The number of esters is 3. The second-order valence-electron chi connectivity index (χ2n) is 25.2. The Labute approximate surface area is 506 Å². The zero-order valence-electron chi connectivity index (χ0n) is 55.1. The molecule has 0 amide bonds. The number of unbranched alkanes of at least 4 members (excludes halogenated alkanes) is 54. The number of hydrogen-bond acceptors (Lipinski definition) is 6. The van der Waals surface area contributed by atoms with Crippen molar-refractivity contribution in [2.45, 2.75) is 425 Å². The lowest BCUT2D eigenvalue weighted by molar-refractivity contribution is -0.167. The largest absolute Gasteiger partial charge is 0.462 e. The van der Waals surface area contributed by atoms with E-state index in [2.05, 4.69) is 45.1 Å². The van der Waals surface area contributed by atoms with Crippen molar-refractivity contribution in [3.8, 4) is 0 Å². The second-order valence-corrected chi connectivity index (χ2v) is 25.2. The van der Waals surface area contributed by atoms with Crippen molar-refractivity contribution < 1.29 is 28.6 Å². The zero-order chi connectivity index (χ0) is 58.5. The summed E-state index contributed by atoms with van der Waals surface area (Å²) in [5.41, 5.74) is 0. The summed E-state index contributed by atoms with van der Waals surface area (Å²) in [6.07, 6.45) is 87.0. The topological polar surface area (TPSA) is 78.9 Å². The quantitative estimate of drug-likeness (QED) is 0.0261. The molecule has 1 unspecified atom stereocenters. The van der Waals surface area contributed by atoms with E-state index in [4.69, 9.17) is 14.2 Å². The van der Waals surface area contributed by atoms with Crippen LogP contribution in [0.5, 0.6) is 0 Å². The van der Waals surface area contributed by atoms with Crippen LogP contribution in [0.1, 0.15) is 419 Å². The predicted octanol–water partition coefficient (Wildman–Crippen LogP) is 25.3. The molecule has 81 heavy (non-hydrogen) atoms. The van der Waals surface area contributed by atoms with Gasteiger partial charge in [-0.15, -0.1) is 0 Å². The molecule has 1 atom stereocenters. The molecule has 0 rings (SSSR count). The van der Waals surface area contributed by atoms with Gasteiger partial charge in [-0.05, 0) is 51.4 Å². The molecular weight excluding hydrogens is 997 g/mol. The van der Waals surface area contributed by atoms with Gasteiger partial charge in [0.25, 0.3) is 0 Å². The normalized spacial score (nSPS) is 12.1. The van der Waals surface area contributed by atoms with E-state index in [0.717, 1.165) is 64.2 Å². The maximum absolute atomic E-state index is 12.9. The van der Waals surface area contributed by atoms with Crippen LogP contribution in [-0.4, -0.2) is 37.2 Å². The van der Waals surface area contributed by atoms with Crippen LogP contribution in [0.15, 0.2) is 24.3 Å². The lowest BCUT2D eigenvalue weighted by Gasteiger charge is -2.18. The molecule has 0 N–H and O–H groups in total. The fourth-order valence-electron chi connectivity index (χ4n) is 11.4. The lowest BCUT2D eigenvalue weighted by atomic mass is 10.0. The smallest absolute Gasteiger partial charge is 0.306 e. The van der Waals surface area contributed by atoms with Crippen LogP contribution >= 0.6 is 0 Å². The van der Waals surface area contributed by atoms with Gasteiger partial charge in [-0.3, -0.25) is 14.4 Å². The first kappa shape index (κ1) is 78.9. The fourth-order valence-corrected chi connectivity index (χ4v) is 11.4. The predicted molar refractivity (Wildman–Crippen MR) is 353 cm³/mol. The van der Waals surface area contributed by atoms with Crippen molar-refractivity contribution in [2.75, 3.05) is 13.2 Å². The van der Waals surface area contributed by atoms with E-state index >= 15 is 0 Å². The summed E-state index contributed by atoms with van der Waals surface area (Å²) >= 11 is 0. The van der Waals surface area contributed by atoms with E-state index in [1.807, 2.05) is 0 Å². The molecule has 0 bridgehead atoms. The van der Waals surface area contributed by atoms with Crippen LogP contribution in [0.4, 0.5) is 0 Å². The minimum absolute atomic E-state index is 0.0650. The van der Waals surface area contributed by atoms with Crippen molar-refractivity contribution >= 4 is 17.9 Å². The molecule has 0 saturated heterocycles. The molecule has 0 aliphatic carbocycles. The van der Waals surface area contributed by atoms with Crippen LogP contribution in [-0.2, 0) is 28.6 Å². The van der Waals surface area contributed by atoms with Gasteiger partial charge < -0.3 is 14.2 Å². The second kappa shape index (κ2) is 70.4. The van der Waals surface area contributed by atoms with Crippen LogP contribution in [0, 0.1) is 0 Å². The number of hydrogen-bond donors (Lipinski definition) is 0. The zero-order valence-corrected chi connectivity index (χ0v) is 55.1. The lowest BCUT2D eigenvalue weighted by Crippen LogP contribution is -2.30. The van der Waals surface area contributed by atoms with Crippen molar-refractivity contribution in [2.24, 2.45) is 0 Å². The summed E-state index contributed by atoms with van der Waals surface area (Å²) in [6.45, 7) is 6.65. The van der Waals surface area contributed by atoms with E-state index in [0.29, 0.717) is 19.3 Å². The molecule has 0 spiro atoms. The summed E-state index contributed by atoms with van der Waals surface area (Å²) < 4.78 is 16.9. The first-order chi connectivity index (χ1) is 40.0.